The Hall–Kier alpha value is -1.18. The normalized spacial score (nSPS) is 10.1. The van der Waals surface area contributed by atoms with E-state index in [-0.39, 0.29) is 5.82 Å². The first-order valence-corrected chi connectivity index (χ1v) is 4.34. The van der Waals surface area contributed by atoms with Gasteiger partial charge in [0.05, 0.1) is 0 Å². The van der Waals surface area contributed by atoms with Crippen molar-refractivity contribution in [2.24, 2.45) is 0 Å². The van der Waals surface area contributed by atoms with Gasteiger partial charge in [0.2, 0.25) is 0 Å². The van der Waals surface area contributed by atoms with E-state index in [9.17, 15) is 9.18 Å². The fourth-order valence-corrected chi connectivity index (χ4v) is 1.43. The molecule has 0 aromatic heterocycles. The van der Waals surface area contributed by atoms with Crippen molar-refractivity contribution in [3.05, 3.63) is 34.6 Å². The van der Waals surface area contributed by atoms with Crippen molar-refractivity contribution < 1.29 is 9.18 Å². The highest BCUT2D eigenvalue weighted by atomic mass is 19.1. The molecular weight excluding hydrogens is 167 g/mol. The van der Waals surface area contributed by atoms with Crippen molar-refractivity contribution >= 4 is 6.29 Å². The van der Waals surface area contributed by atoms with Crippen LogP contribution < -0.4 is 0 Å². The molecule has 13 heavy (non-hydrogen) atoms. The van der Waals surface area contributed by atoms with Crippen molar-refractivity contribution in [1.82, 2.24) is 0 Å². The van der Waals surface area contributed by atoms with Crippen molar-refractivity contribution in [1.29, 1.82) is 0 Å². The van der Waals surface area contributed by atoms with Gasteiger partial charge in [-0.15, -0.1) is 0 Å². The average molecular weight is 180 g/mol. The van der Waals surface area contributed by atoms with Crippen molar-refractivity contribution in [3.8, 4) is 0 Å². The van der Waals surface area contributed by atoms with Gasteiger partial charge < -0.3 is 4.79 Å². The van der Waals surface area contributed by atoms with E-state index < -0.39 is 0 Å². The molecule has 1 rings (SSSR count). The lowest BCUT2D eigenvalue weighted by Gasteiger charge is -2.05. The number of rotatable bonds is 3. The molecule has 2 heteroatoms. The summed E-state index contributed by atoms with van der Waals surface area (Å²) in [6, 6.07) is 3.60. The number of carbonyl (C=O) groups excluding carboxylic acids is 1. The quantitative estimate of drug-likeness (QED) is 0.653. The van der Waals surface area contributed by atoms with Crippen molar-refractivity contribution in [3.63, 3.8) is 0 Å². The van der Waals surface area contributed by atoms with Crippen LogP contribution in [0.3, 0.4) is 0 Å². The van der Waals surface area contributed by atoms with Crippen LogP contribution in [0.1, 0.15) is 23.1 Å². The minimum Gasteiger partial charge on any atom is -0.303 e. The molecule has 0 atom stereocenters. The molecule has 0 unspecified atom stereocenters. The van der Waals surface area contributed by atoms with Crippen LogP contribution in [-0.2, 0) is 11.2 Å². The van der Waals surface area contributed by atoms with E-state index >= 15 is 0 Å². The predicted octanol–water partition coefficient (Wildman–Crippen LogP) is 2.57. The van der Waals surface area contributed by atoms with E-state index in [1.54, 1.807) is 19.1 Å². The van der Waals surface area contributed by atoms with Gasteiger partial charge in [-0.25, -0.2) is 4.39 Å². The lowest BCUT2D eigenvalue weighted by Crippen LogP contribution is -1.95. The van der Waals surface area contributed by atoms with Gasteiger partial charge in [-0.3, -0.25) is 0 Å². The number of carbonyl (C=O) groups is 1. The van der Waals surface area contributed by atoms with Gasteiger partial charge in [0, 0.05) is 6.42 Å². The average Bonchev–Trinajstić information content (AvgIpc) is 2.09. The van der Waals surface area contributed by atoms with E-state index in [4.69, 9.17) is 0 Å². The SMILES string of the molecule is Cc1cc(C)c(F)c(CCC=O)c1. The Kier molecular flexibility index (Phi) is 3.18. The Balaban J connectivity index is 2.98. The second-order valence-corrected chi connectivity index (χ2v) is 3.26. The molecule has 1 aromatic rings. The fourth-order valence-electron chi connectivity index (χ4n) is 1.43. The van der Waals surface area contributed by atoms with Gasteiger partial charge in [-0.05, 0) is 31.4 Å². The predicted molar refractivity (Wildman–Crippen MR) is 50.3 cm³/mol. The minimum absolute atomic E-state index is 0.174. The molecule has 0 spiro atoms. The highest BCUT2D eigenvalue weighted by Gasteiger charge is 2.05. The topological polar surface area (TPSA) is 17.1 Å². The standard InChI is InChI=1S/C11H13FO/c1-8-6-9(2)11(12)10(7-8)4-3-5-13/h5-7H,3-4H2,1-2H3. The van der Waals surface area contributed by atoms with E-state index in [2.05, 4.69) is 0 Å². The van der Waals surface area contributed by atoms with Crippen molar-refractivity contribution in [2.75, 3.05) is 0 Å². The summed E-state index contributed by atoms with van der Waals surface area (Å²) in [4.78, 5) is 10.1. The molecule has 0 aliphatic carbocycles. The maximum Gasteiger partial charge on any atom is 0.129 e. The zero-order chi connectivity index (χ0) is 9.84. The van der Waals surface area contributed by atoms with Crippen LogP contribution in [0.15, 0.2) is 12.1 Å². The Bertz CT molecular complexity index is 318. The van der Waals surface area contributed by atoms with Crippen LogP contribution in [-0.4, -0.2) is 6.29 Å². The lowest BCUT2D eigenvalue weighted by atomic mass is 10.0. The molecule has 0 saturated heterocycles. The van der Waals surface area contributed by atoms with Crippen LogP contribution in [0.5, 0.6) is 0 Å². The van der Waals surface area contributed by atoms with Gasteiger partial charge in [0.1, 0.15) is 12.1 Å². The van der Waals surface area contributed by atoms with Crippen LogP contribution in [0.25, 0.3) is 0 Å². The van der Waals surface area contributed by atoms with Gasteiger partial charge in [-0.2, -0.15) is 0 Å². The molecule has 0 N–H and O–H groups in total. The molecule has 1 nitrogen and oxygen atoms in total. The number of hydrogen-bond donors (Lipinski definition) is 0. The summed E-state index contributed by atoms with van der Waals surface area (Å²) in [6.45, 7) is 3.67. The summed E-state index contributed by atoms with van der Waals surface area (Å²) >= 11 is 0. The highest BCUT2D eigenvalue weighted by molar-refractivity contribution is 5.50. The van der Waals surface area contributed by atoms with Gasteiger partial charge in [-0.1, -0.05) is 17.7 Å². The number of aryl methyl sites for hydroxylation is 3. The van der Waals surface area contributed by atoms with Gasteiger partial charge in [0.25, 0.3) is 0 Å². The first kappa shape index (κ1) is 9.90. The Labute approximate surface area is 77.6 Å². The van der Waals surface area contributed by atoms with E-state index in [0.717, 1.165) is 11.8 Å². The molecule has 0 bridgehead atoms. The third kappa shape index (κ3) is 2.38. The third-order valence-electron chi connectivity index (χ3n) is 2.01. The van der Waals surface area contributed by atoms with Crippen LogP contribution in [0.2, 0.25) is 0 Å². The molecule has 1 aromatic carbocycles. The van der Waals surface area contributed by atoms with E-state index in [0.29, 0.717) is 24.0 Å². The van der Waals surface area contributed by atoms with Crippen LogP contribution >= 0.6 is 0 Å². The van der Waals surface area contributed by atoms with E-state index in [1.807, 2.05) is 6.92 Å². The molecule has 0 heterocycles. The van der Waals surface area contributed by atoms with E-state index in [1.165, 1.54) is 0 Å². The molecule has 0 aliphatic heterocycles. The number of benzene rings is 1. The summed E-state index contributed by atoms with van der Waals surface area (Å²) in [5.74, 6) is -0.174. The highest BCUT2D eigenvalue weighted by Crippen LogP contribution is 2.16. The van der Waals surface area contributed by atoms with Gasteiger partial charge >= 0.3 is 0 Å². The molecule has 0 aliphatic rings. The molecule has 0 amide bonds. The third-order valence-corrected chi connectivity index (χ3v) is 2.01. The van der Waals surface area contributed by atoms with Gasteiger partial charge in [0.15, 0.2) is 0 Å². The molecule has 0 saturated carbocycles. The summed E-state index contributed by atoms with van der Waals surface area (Å²) in [7, 11) is 0. The van der Waals surface area contributed by atoms with Crippen molar-refractivity contribution in [2.45, 2.75) is 26.7 Å². The maximum absolute atomic E-state index is 13.4. The number of aldehydes is 1. The number of hydrogen-bond acceptors (Lipinski definition) is 1. The molecule has 70 valence electrons. The number of halogens is 1. The zero-order valence-electron chi connectivity index (χ0n) is 7.93. The Morgan fingerprint density at radius 2 is 2.08 bits per heavy atom. The maximum atomic E-state index is 13.4. The smallest absolute Gasteiger partial charge is 0.129 e. The zero-order valence-corrected chi connectivity index (χ0v) is 7.93. The second kappa shape index (κ2) is 4.17. The minimum atomic E-state index is -0.174. The summed E-state index contributed by atoms with van der Waals surface area (Å²) in [5, 5.41) is 0. The molecule has 0 radical (unpaired) electrons. The first-order chi connectivity index (χ1) is 6.15. The first-order valence-electron chi connectivity index (χ1n) is 4.34. The summed E-state index contributed by atoms with van der Waals surface area (Å²) in [5.41, 5.74) is 2.34. The molecule has 0 fully saturated rings. The molecular formula is C11H13FO. The van der Waals surface area contributed by atoms with Crippen LogP contribution in [0.4, 0.5) is 4.39 Å². The Morgan fingerprint density at radius 1 is 1.38 bits per heavy atom. The monoisotopic (exact) mass is 180 g/mol. The van der Waals surface area contributed by atoms with Crippen LogP contribution in [0, 0.1) is 19.7 Å². The summed E-state index contributed by atoms with van der Waals surface area (Å²) in [6.07, 6.45) is 1.70. The largest absolute Gasteiger partial charge is 0.303 e. The Morgan fingerprint density at radius 3 is 2.69 bits per heavy atom. The second-order valence-electron chi connectivity index (χ2n) is 3.26. The fraction of sp³-hybridized carbons (Fsp3) is 0.364. The summed E-state index contributed by atoms with van der Waals surface area (Å²) < 4.78 is 13.4. The lowest BCUT2D eigenvalue weighted by molar-refractivity contribution is -0.107.